The summed E-state index contributed by atoms with van der Waals surface area (Å²) in [4.78, 5) is 12.4. The van der Waals surface area contributed by atoms with Gasteiger partial charge in [0.1, 0.15) is 0 Å². The van der Waals surface area contributed by atoms with Gasteiger partial charge in [-0.25, -0.2) is 12.7 Å². The van der Waals surface area contributed by atoms with Crippen LogP contribution in [-0.4, -0.2) is 47.7 Å². The molecule has 0 aliphatic carbocycles. The second-order valence-electron chi connectivity index (χ2n) is 6.88. The third-order valence-corrected chi connectivity index (χ3v) is 6.82. The van der Waals surface area contributed by atoms with E-state index >= 15 is 0 Å². The van der Waals surface area contributed by atoms with E-state index in [0.717, 1.165) is 25.0 Å². The van der Waals surface area contributed by atoms with Crippen LogP contribution in [0.4, 0.5) is 5.69 Å². The molecule has 1 amide bonds. The largest absolute Gasteiger partial charge is 0.319 e. The number of rotatable bonds is 7. The first kappa shape index (κ1) is 19.6. The fraction of sp³-hybridized carbons (Fsp3) is 0.474. The summed E-state index contributed by atoms with van der Waals surface area (Å²) in [5.41, 5.74) is 1.97. The molecule has 7 nitrogen and oxygen atoms in total. The predicted molar refractivity (Wildman–Crippen MR) is 105 cm³/mol. The first-order valence-electron chi connectivity index (χ1n) is 9.38. The average molecular weight is 391 g/mol. The van der Waals surface area contributed by atoms with E-state index in [4.69, 9.17) is 0 Å². The average Bonchev–Trinajstić information content (AvgIpc) is 3.15. The Balaban J connectivity index is 1.72. The van der Waals surface area contributed by atoms with Gasteiger partial charge < -0.3 is 5.32 Å². The summed E-state index contributed by atoms with van der Waals surface area (Å²) in [6.45, 7) is 2.96. The fourth-order valence-electron chi connectivity index (χ4n) is 3.38. The van der Waals surface area contributed by atoms with Crippen molar-refractivity contribution < 1.29 is 13.2 Å². The van der Waals surface area contributed by atoms with Gasteiger partial charge in [0, 0.05) is 24.6 Å². The van der Waals surface area contributed by atoms with Crippen molar-refractivity contribution in [1.29, 1.82) is 0 Å². The number of nitrogens with one attached hydrogen (secondary N) is 2. The van der Waals surface area contributed by atoms with E-state index in [-0.39, 0.29) is 17.6 Å². The number of aromatic nitrogens is 2. The van der Waals surface area contributed by atoms with Gasteiger partial charge in [-0.1, -0.05) is 31.5 Å². The highest BCUT2D eigenvalue weighted by Gasteiger charge is 2.31. The molecule has 0 bridgehead atoms. The summed E-state index contributed by atoms with van der Waals surface area (Å²) in [6.07, 6.45) is 4.76. The Kier molecular flexibility index (Phi) is 6.28. The highest BCUT2D eigenvalue weighted by atomic mass is 32.2. The van der Waals surface area contributed by atoms with Crippen molar-refractivity contribution >= 4 is 21.6 Å². The van der Waals surface area contributed by atoms with Crippen LogP contribution in [-0.2, 0) is 10.0 Å². The van der Waals surface area contributed by atoms with Crippen molar-refractivity contribution in [1.82, 2.24) is 14.5 Å². The number of hydrogen-bond acceptors (Lipinski definition) is 4. The lowest BCUT2D eigenvalue weighted by molar-refractivity contribution is 0.102. The summed E-state index contributed by atoms with van der Waals surface area (Å²) in [5.74, 6) is -0.0261. The van der Waals surface area contributed by atoms with E-state index in [1.54, 1.807) is 22.6 Å². The molecule has 1 aliphatic heterocycles. The van der Waals surface area contributed by atoms with Gasteiger partial charge in [0.2, 0.25) is 10.0 Å². The highest BCUT2D eigenvalue weighted by Crippen LogP contribution is 2.31. The van der Waals surface area contributed by atoms with Gasteiger partial charge in [-0.3, -0.25) is 9.89 Å². The maximum Gasteiger partial charge on any atom is 0.255 e. The summed E-state index contributed by atoms with van der Waals surface area (Å²) >= 11 is 0. The normalized spacial score (nSPS) is 18.3. The van der Waals surface area contributed by atoms with E-state index < -0.39 is 10.0 Å². The molecular weight excluding hydrogens is 364 g/mol. The van der Waals surface area contributed by atoms with E-state index in [9.17, 15) is 13.2 Å². The zero-order valence-corrected chi connectivity index (χ0v) is 16.3. The Bertz CT molecular complexity index is 864. The van der Waals surface area contributed by atoms with Crippen molar-refractivity contribution in [2.75, 3.05) is 24.2 Å². The molecule has 2 N–H and O–H groups in total. The number of nitrogens with zero attached hydrogens (tertiary/aromatic N) is 2. The smallest absolute Gasteiger partial charge is 0.255 e. The number of carbonyl (C=O) groups is 1. The Morgan fingerprint density at radius 3 is 2.85 bits per heavy atom. The topological polar surface area (TPSA) is 95.2 Å². The number of amides is 1. The van der Waals surface area contributed by atoms with Gasteiger partial charge in [0.15, 0.2) is 0 Å². The molecule has 146 valence electrons. The van der Waals surface area contributed by atoms with Crippen LogP contribution >= 0.6 is 0 Å². The van der Waals surface area contributed by atoms with Gasteiger partial charge in [0.05, 0.1) is 23.3 Å². The minimum Gasteiger partial charge on any atom is -0.319 e. The summed E-state index contributed by atoms with van der Waals surface area (Å²) < 4.78 is 26.7. The molecule has 1 aliphatic rings. The van der Waals surface area contributed by atoms with Crippen LogP contribution in [0.5, 0.6) is 0 Å². The van der Waals surface area contributed by atoms with Crippen molar-refractivity contribution in [2.45, 2.75) is 38.5 Å². The molecule has 1 aromatic carbocycles. The van der Waals surface area contributed by atoms with Crippen molar-refractivity contribution in [3.63, 3.8) is 0 Å². The van der Waals surface area contributed by atoms with E-state index in [1.807, 2.05) is 25.1 Å². The van der Waals surface area contributed by atoms with Gasteiger partial charge >= 0.3 is 0 Å². The Morgan fingerprint density at radius 2 is 2.11 bits per heavy atom. The zero-order chi connectivity index (χ0) is 19.3. The molecule has 8 heteroatoms. The quantitative estimate of drug-likeness (QED) is 0.760. The highest BCUT2D eigenvalue weighted by molar-refractivity contribution is 7.89. The molecule has 1 saturated heterocycles. The SMILES string of the molecule is CCCCS(=O)(=O)N1CCCC(c2[nH]ncc2NC(=O)c2ccccc2)C1. The van der Waals surface area contributed by atoms with Crippen molar-refractivity contribution in [3.05, 3.63) is 47.8 Å². The van der Waals surface area contributed by atoms with E-state index in [1.165, 1.54) is 0 Å². The number of H-pyrrole nitrogens is 1. The maximum atomic E-state index is 12.5. The molecule has 1 atom stereocenters. The van der Waals surface area contributed by atoms with Gasteiger partial charge in [0.25, 0.3) is 5.91 Å². The second kappa shape index (κ2) is 8.67. The monoisotopic (exact) mass is 390 g/mol. The Hall–Kier alpha value is -2.19. The summed E-state index contributed by atoms with van der Waals surface area (Å²) in [7, 11) is -3.24. The number of sulfonamides is 1. The summed E-state index contributed by atoms with van der Waals surface area (Å²) in [5, 5.41) is 9.93. The summed E-state index contributed by atoms with van der Waals surface area (Å²) in [6, 6.07) is 8.97. The van der Waals surface area contributed by atoms with Crippen LogP contribution in [0.15, 0.2) is 36.5 Å². The number of piperidine rings is 1. The van der Waals surface area contributed by atoms with E-state index in [2.05, 4.69) is 15.5 Å². The van der Waals surface area contributed by atoms with Crippen LogP contribution < -0.4 is 5.32 Å². The lowest BCUT2D eigenvalue weighted by atomic mass is 9.95. The molecular formula is C19H26N4O3S. The Labute approximate surface area is 160 Å². The molecule has 1 unspecified atom stereocenters. The standard InChI is InChI=1S/C19H26N4O3S/c1-2-3-12-27(25,26)23-11-7-10-16(14-23)18-17(13-20-22-18)21-19(24)15-8-5-4-6-9-15/h4-6,8-9,13,16H,2-3,7,10-12,14H2,1H3,(H,20,22)(H,21,24). The van der Waals surface area contributed by atoms with Gasteiger partial charge in [-0.15, -0.1) is 0 Å². The molecule has 2 aromatic rings. The van der Waals surface area contributed by atoms with Crippen molar-refractivity contribution in [3.8, 4) is 0 Å². The molecule has 27 heavy (non-hydrogen) atoms. The maximum absolute atomic E-state index is 12.5. The molecule has 1 aromatic heterocycles. The number of carbonyl (C=O) groups excluding carboxylic acids is 1. The first-order valence-corrected chi connectivity index (χ1v) is 11.0. The lowest BCUT2D eigenvalue weighted by Gasteiger charge is -2.31. The molecule has 2 heterocycles. The number of benzene rings is 1. The van der Waals surface area contributed by atoms with Crippen LogP contribution in [0.2, 0.25) is 0 Å². The van der Waals surface area contributed by atoms with Crippen molar-refractivity contribution in [2.24, 2.45) is 0 Å². The third-order valence-electron chi connectivity index (χ3n) is 4.89. The fourth-order valence-corrected chi connectivity index (χ4v) is 5.10. The predicted octanol–water partition coefficient (Wildman–Crippen LogP) is 2.97. The number of anilines is 1. The third kappa shape index (κ3) is 4.75. The second-order valence-corrected chi connectivity index (χ2v) is 8.97. The molecule has 1 fully saturated rings. The van der Waals surface area contributed by atoms with Gasteiger partial charge in [-0.2, -0.15) is 5.10 Å². The lowest BCUT2D eigenvalue weighted by Crippen LogP contribution is -2.40. The number of hydrogen-bond donors (Lipinski definition) is 2. The van der Waals surface area contributed by atoms with E-state index in [0.29, 0.717) is 30.8 Å². The molecule has 0 radical (unpaired) electrons. The Morgan fingerprint density at radius 1 is 1.33 bits per heavy atom. The van der Waals surface area contributed by atoms with Crippen LogP contribution in [0.3, 0.4) is 0 Å². The minimum absolute atomic E-state index is 0.0104. The van der Waals surface area contributed by atoms with Crippen LogP contribution in [0, 0.1) is 0 Å². The van der Waals surface area contributed by atoms with Gasteiger partial charge in [-0.05, 0) is 31.4 Å². The first-order chi connectivity index (χ1) is 13.0. The van der Waals surface area contributed by atoms with Crippen LogP contribution in [0.1, 0.15) is 54.6 Å². The zero-order valence-electron chi connectivity index (χ0n) is 15.5. The molecule has 0 saturated carbocycles. The minimum atomic E-state index is -3.24. The van der Waals surface area contributed by atoms with Crippen LogP contribution in [0.25, 0.3) is 0 Å². The number of unbranched alkanes of at least 4 members (excludes halogenated alkanes) is 1. The molecule has 0 spiro atoms. The molecule has 3 rings (SSSR count). The number of aromatic amines is 1.